The molecule has 0 spiro atoms. The van der Waals surface area contributed by atoms with Gasteiger partial charge in [-0.2, -0.15) is 13.2 Å². The molecule has 0 bridgehead atoms. The Morgan fingerprint density at radius 2 is 1.72 bits per heavy atom. The molecule has 6 heteroatoms. The Balaban J connectivity index is 2.72. The van der Waals surface area contributed by atoms with E-state index in [0.717, 1.165) is 30.6 Å². The predicted molar refractivity (Wildman–Crippen MR) is 62.9 cm³/mol. The van der Waals surface area contributed by atoms with Gasteiger partial charge in [0.05, 0.1) is 0 Å². The van der Waals surface area contributed by atoms with Crippen LogP contribution in [-0.4, -0.2) is 36.1 Å². The van der Waals surface area contributed by atoms with Gasteiger partial charge in [-0.05, 0) is 25.8 Å². The van der Waals surface area contributed by atoms with Crippen molar-refractivity contribution in [1.82, 2.24) is 4.90 Å². The zero-order chi connectivity index (χ0) is 13.6. The smallest absolute Gasteiger partial charge is 0.332 e. The SMILES string of the molecule is NCCCN(C(=O)C(F)(F)F)C1CCCCCC1. The lowest BCUT2D eigenvalue weighted by molar-refractivity contribution is -0.188. The third-order valence-electron chi connectivity index (χ3n) is 3.37. The number of carbonyl (C=O) groups is 1. The van der Waals surface area contributed by atoms with Crippen LogP contribution >= 0.6 is 0 Å². The molecule has 0 aromatic carbocycles. The van der Waals surface area contributed by atoms with Gasteiger partial charge in [0, 0.05) is 12.6 Å². The largest absolute Gasteiger partial charge is 0.471 e. The van der Waals surface area contributed by atoms with Crippen LogP contribution in [0.1, 0.15) is 44.9 Å². The van der Waals surface area contributed by atoms with Crippen LogP contribution in [-0.2, 0) is 4.79 Å². The van der Waals surface area contributed by atoms with Gasteiger partial charge in [0.25, 0.3) is 0 Å². The molecule has 18 heavy (non-hydrogen) atoms. The van der Waals surface area contributed by atoms with Gasteiger partial charge in [0.15, 0.2) is 0 Å². The predicted octanol–water partition coefficient (Wildman–Crippen LogP) is 2.45. The highest BCUT2D eigenvalue weighted by Crippen LogP contribution is 2.26. The maximum atomic E-state index is 12.6. The van der Waals surface area contributed by atoms with Crippen molar-refractivity contribution in [3.8, 4) is 0 Å². The van der Waals surface area contributed by atoms with Crippen LogP contribution in [0.4, 0.5) is 13.2 Å². The Hall–Kier alpha value is -0.780. The van der Waals surface area contributed by atoms with Crippen LogP contribution in [0.5, 0.6) is 0 Å². The van der Waals surface area contributed by atoms with Crippen molar-refractivity contribution in [2.45, 2.75) is 57.2 Å². The molecule has 0 unspecified atom stereocenters. The third kappa shape index (κ3) is 4.48. The lowest BCUT2D eigenvalue weighted by atomic mass is 10.1. The van der Waals surface area contributed by atoms with E-state index in [9.17, 15) is 18.0 Å². The Kier molecular flexibility index (Phi) is 5.91. The van der Waals surface area contributed by atoms with Gasteiger partial charge in [0.2, 0.25) is 0 Å². The fourth-order valence-corrected chi connectivity index (χ4v) is 2.44. The van der Waals surface area contributed by atoms with Crippen LogP contribution in [0.25, 0.3) is 0 Å². The number of alkyl halides is 3. The summed E-state index contributed by atoms with van der Waals surface area (Å²) >= 11 is 0. The minimum Gasteiger partial charge on any atom is -0.332 e. The van der Waals surface area contributed by atoms with Crippen molar-refractivity contribution in [3.05, 3.63) is 0 Å². The Morgan fingerprint density at radius 1 is 1.17 bits per heavy atom. The number of hydrogen-bond donors (Lipinski definition) is 1. The van der Waals surface area contributed by atoms with Gasteiger partial charge in [-0.15, -0.1) is 0 Å². The molecule has 0 heterocycles. The highest BCUT2D eigenvalue weighted by molar-refractivity contribution is 5.82. The van der Waals surface area contributed by atoms with E-state index in [1.807, 2.05) is 0 Å². The maximum absolute atomic E-state index is 12.6. The topological polar surface area (TPSA) is 46.3 Å². The summed E-state index contributed by atoms with van der Waals surface area (Å²) in [6, 6.07) is -0.270. The van der Waals surface area contributed by atoms with Crippen molar-refractivity contribution >= 4 is 5.91 Å². The van der Waals surface area contributed by atoms with Gasteiger partial charge < -0.3 is 10.6 Å². The normalized spacial score (nSPS) is 18.4. The monoisotopic (exact) mass is 266 g/mol. The van der Waals surface area contributed by atoms with Crippen LogP contribution in [0.2, 0.25) is 0 Å². The molecule has 3 nitrogen and oxygen atoms in total. The van der Waals surface area contributed by atoms with Crippen LogP contribution < -0.4 is 5.73 Å². The van der Waals surface area contributed by atoms with Gasteiger partial charge in [-0.1, -0.05) is 25.7 Å². The van der Waals surface area contributed by atoms with Crippen molar-refractivity contribution in [1.29, 1.82) is 0 Å². The molecule has 0 aliphatic heterocycles. The second kappa shape index (κ2) is 6.97. The average molecular weight is 266 g/mol. The molecule has 0 radical (unpaired) electrons. The van der Waals surface area contributed by atoms with Crippen LogP contribution in [0.15, 0.2) is 0 Å². The van der Waals surface area contributed by atoms with Gasteiger partial charge in [-0.3, -0.25) is 4.79 Å². The first-order valence-electron chi connectivity index (χ1n) is 6.54. The number of rotatable bonds is 4. The minimum absolute atomic E-state index is 0.111. The van der Waals surface area contributed by atoms with E-state index in [1.165, 1.54) is 0 Å². The zero-order valence-electron chi connectivity index (χ0n) is 10.5. The highest BCUT2D eigenvalue weighted by Gasteiger charge is 2.44. The minimum atomic E-state index is -4.78. The summed E-state index contributed by atoms with van der Waals surface area (Å²) in [7, 11) is 0. The quantitative estimate of drug-likeness (QED) is 0.794. The van der Waals surface area contributed by atoms with E-state index in [0.29, 0.717) is 25.8 Å². The molecule has 0 atom stereocenters. The van der Waals surface area contributed by atoms with Crippen molar-refractivity contribution in [2.75, 3.05) is 13.1 Å². The molecular weight excluding hydrogens is 245 g/mol. The third-order valence-corrected chi connectivity index (χ3v) is 3.37. The molecule has 0 aromatic rings. The van der Waals surface area contributed by atoms with Crippen molar-refractivity contribution in [3.63, 3.8) is 0 Å². The number of halogens is 3. The van der Waals surface area contributed by atoms with Gasteiger partial charge >= 0.3 is 12.1 Å². The molecule has 1 rings (SSSR count). The molecule has 0 aromatic heterocycles. The summed E-state index contributed by atoms with van der Waals surface area (Å²) in [5, 5.41) is 0. The summed E-state index contributed by atoms with van der Waals surface area (Å²) in [4.78, 5) is 12.4. The molecule has 1 aliphatic carbocycles. The molecule has 0 saturated heterocycles. The maximum Gasteiger partial charge on any atom is 0.471 e. The second-order valence-corrected chi connectivity index (χ2v) is 4.78. The van der Waals surface area contributed by atoms with E-state index in [1.54, 1.807) is 0 Å². The average Bonchev–Trinajstić information content (AvgIpc) is 2.57. The van der Waals surface area contributed by atoms with Gasteiger partial charge in [-0.25, -0.2) is 0 Å². The first kappa shape index (κ1) is 15.3. The van der Waals surface area contributed by atoms with E-state index in [-0.39, 0.29) is 12.6 Å². The first-order valence-corrected chi connectivity index (χ1v) is 6.54. The molecule has 106 valence electrons. The van der Waals surface area contributed by atoms with E-state index in [2.05, 4.69) is 0 Å². The second-order valence-electron chi connectivity index (χ2n) is 4.78. The fraction of sp³-hybridized carbons (Fsp3) is 0.917. The number of amides is 1. The van der Waals surface area contributed by atoms with Crippen molar-refractivity contribution < 1.29 is 18.0 Å². The van der Waals surface area contributed by atoms with Crippen LogP contribution in [0.3, 0.4) is 0 Å². The number of nitrogens with two attached hydrogens (primary N) is 1. The number of nitrogens with zero attached hydrogens (tertiary/aromatic N) is 1. The van der Waals surface area contributed by atoms with Crippen LogP contribution in [0, 0.1) is 0 Å². The number of hydrogen-bond acceptors (Lipinski definition) is 2. The number of carbonyl (C=O) groups excluding carboxylic acids is 1. The van der Waals surface area contributed by atoms with Crippen molar-refractivity contribution in [2.24, 2.45) is 5.73 Å². The zero-order valence-corrected chi connectivity index (χ0v) is 10.5. The summed E-state index contributed by atoms with van der Waals surface area (Å²) < 4.78 is 37.7. The Morgan fingerprint density at radius 3 is 2.17 bits per heavy atom. The van der Waals surface area contributed by atoms with E-state index >= 15 is 0 Å². The standard InChI is InChI=1S/C12H21F3N2O/c13-12(14,15)11(18)17(9-5-8-16)10-6-3-1-2-4-7-10/h10H,1-9,16H2. The van der Waals surface area contributed by atoms with Gasteiger partial charge in [0.1, 0.15) is 0 Å². The molecule has 1 amide bonds. The highest BCUT2D eigenvalue weighted by atomic mass is 19.4. The Bertz CT molecular complexity index is 261. The molecule has 1 aliphatic rings. The lowest BCUT2D eigenvalue weighted by Crippen LogP contribution is -2.47. The summed E-state index contributed by atoms with van der Waals surface area (Å²) in [6.45, 7) is 0.411. The summed E-state index contributed by atoms with van der Waals surface area (Å²) in [5.74, 6) is -1.71. The lowest BCUT2D eigenvalue weighted by Gasteiger charge is -2.31. The molecule has 1 fully saturated rings. The van der Waals surface area contributed by atoms with E-state index < -0.39 is 12.1 Å². The summed E-state index contributed by atoms with van der Waals surface area (Å²) in [5.41, 5.74) is 5.33. The Labute approximate surface area is 106 Å². The first-order chi connectivity index (χ1) is 8.46. The summed E-state index contributed by atoms with van der Waals surface area (Å²) in [6.07, 6.45) is 0.866. The molecule has 1 saturated carbocycles. The molecule has 2 N–H and O–H groups in total. The van der Waals surface area contributed by atoms with E-state index in [4.69, 9.17) is 5.73 Å². The fourth-order valence-electron chi connectivity index (χ4n) is 2.44. The molecular formula is C12H21F3N2O.